The quantitative estimate of drug-likeness (QED) is 0.705. The van der Waals surface area contributed by atoms with Crippen molar-refractivity contribution in [2.45, 2.75) is 17.9 Å². The molecule has 0 spiro atoms. The summed E-state index contributed by atoms with van der Waals surface area (Å²) in [6, 6.07) is 10.8. The van der Waals surface area contributed by atoms with Gasteiger partial charge >= 0.3 is 0 Å². The van der Waals surface area contributed by atoms with Gasteiger partial charge in [0.15, 0.2) is 11.5 Å². The van der Waals surface area contributed by atoms with Crippen LogP contribution in [0.15, 0.2) is 47.4 Å². The number of benzene rings is 2. The van der Waals surface area contributed by atoms with E-state index in [9.17, 15) is 14.4 Å². The zero-order valence-electron chi connectivity index (χ0n) is 15.1. The Bertz CT molecular complexity index is 869. The number of methoxy groups -OCH3 is 2. The van der Waals surface area contributed by atoms with Gasteiger partial charge in [0, 0.05) is 4.90 Å². The summed E-state index contributed by atoms with van der Waals surface area (Å²) in [5, 5.41) is 2.20. The van der Waals surface area contributed by atoms with Crippen LogP contribution in [0.3, 0.4) is 0 Å². The second kappa shape index (κ2) is 9.09. The number of carbonyl (C=O) groups excluding carboxylic acids is 3. The Labute approximate surface area is 161 Å². The van der Waals surface area contributed by atoms with Gasteiger partial charge in [-0.1, -0.05) is 18.2 Å². The first-order valence-electron chi connectivity index (χ1n) is 8.01. The summed E-state index contributed by atoms with van der Waals surface area (Å²) in [7, 11) is 2.94. The summed E-state index contributed by atoms with van der Waals surface area (Å²) in [5.74, 6) is -0.382. The Morgan fingerprint density at radius 3 is 2.30 bits per heavy atom. The first-order chi connectivity index (χ1) is 12.9. The minimum absolute atomic E-state index is 0.269. The Morgan fingerprint density at radius 2 is 1.67 bits per heavy atom. The molecule has 2 aromatic carbocycles. The Balaban J connectivity index is 2.30. The van der Waals surface area contributed by atoms with Crippen LogP contribution in [0.1, 0.15) is 27.6 Å². The number of nitrogens with one attached hydrogen (secondary N) is 1. The predicted octanol–water partition coefficient (Wildman–Crippen LogP) is 2.24. The van der Waals surface area contributed by atoms with E-state index in [2.05, 4.69) is 5.32 Å². The van der Waals surface area contributed by atoms with Gasteiger partial charge in [0.2, 0.25) is 11.0 Å². The number of thioether (sulfide) groups is 1. The average Bonchev–Trinajstić information content (AvgIpc) is 2.67. The summed E-state index contributed by atoms with van der Waals surface area (Å²) < 4.78 is 10.5. The lowest BCUT2D eigenvalue weighted by Gasteiger charge is -2.14. The van der Waals surface area contributed by atoms with E-state index in [0.29, 0.717) is 22.0 Å². The van der Waals surface area contributed by atoms with Crippen molar-refractivity contribution in [3.63, 3.8) is 0 Å². The van der Waals surface area contributed by atoms with Crippen LogP contribution >= 0.6 is 11.8 Å². The van der Waals surface area contributed by atoms with Crippen LogP contribution in [0, 0.1) is 0 Å². The number of ether oxygens (including phenoxy) is 2. The number of rotatable bonds is 7. The molecule has 0 aliphatic rings. The lowest BCUT2D eigenvalue weighted by Crippen LogP contribution is -2.42. The molecule has 2 aromatic rings. The molecule has 0 unspecified atom stereocenters. The fraction of sp³-hybridized carbons (Fsp3) is 0.211. The van der Waals surface area contributed by atoms with Gasteiger partial charge in [0.05, 0.1) is 25.3 Å². The van der Waals surface area contributed by atoms with E-state index in [4.69, 9.17) is 15.2 Å². The molecule has 1 atom stereocenters. The highest BCUT2D eigenvalue weighted by molar-refractivity contribution is 8.14. The van der Waals surface area contributed by atoms with E-state index in [-0.39, 0.29) is 10.7 Å². The third-order valence-electron chi connectivity index (χ3n) is 3.73. The normalized spacial score (nSPS) is 11.4. The number of nitrogens with two attached hydrogens (primary N) is 1. The summed E-state index contributed by atoms with van der Waals surface area (Å²) in [6.07, 6.45) is 0. The molecule has 8 heteroatoms. The second-order valence-corrected chi connectivity index (χ2v) is 6.54. The second-order valence-electron chi connectivity index (χ2n) is 5.52. The fourth-order valence-electron chi connectivity index (χ4n) is 2.29. The zero-order valence-corrected chi connectivity index (χ0v) is 16.0. The van der Waals surface area contributed by atoms with Crippen molar-refractivity contribution in [1.29, 1.82) is 0 Å². The highest BCUT2D eigenvalue weighted by atomic mass is 32.2. The van der Waals surface area contributed by atoms with E-state index in [1.807, 2.05) is 0 Å². The molecule has 0 aromatic heterocycles. The molecule has 0 aliphatic carbocycles. The molecule has 2 rings (SSSR count). The van der Waals surface area contributed by atoms with Crippen molar-refractivity contribution in [3.8, 4) is 11.5 Å². The predicted molar refractivity (Wildman–Crippen MR) is 102 cm³/mol. The summed E-state index contributed by atoms with van der Waals surface area (Å²) >= 11 is 0.884. The van der Waals surface area contributed by atoms with E-state index >= 15 is 0 Å². The molecule has 0 saturated heterocycles. The Morgan fingerprint density at radius 1 is 1.00 bits per heavy atom. The van der Waals surface area contributed by atoms with Crippen LogP contribution in [-0.4, -0.2) is 37.2 Å². The maximum absolute atomic E-state index is 12.8. The molecule has 0 aliphatic heterocycles. The number of para-hydroxylation sites is 1. The van der Waals surface area contributed by atoms with Crippen molar-refractivity contribution in [3.05, 3.63) is 53.6 Å². The first kappa shape index (κ1) is 20.3. The summed E-state index contributed by atoms with van der Waals surface area (Å²) in [6.45, 7) is 1.49. The SMILES string of the molecule is COc1cccc(C(=O)Sc2ccccc2C(=O)N[C@@H](C)C(N)=O)c1OC. The van der Waals surface area contributed by atoms with Gasteiger partial charge in [-0.25, -0.2) is 0 Å². The van der Waals surface area contributed by atoms with Crippen molar-refractivity contribution in [2.24, 2.45) is 5.73 Å². The highest BCUT2D eigenvalue weighted by Crippen LogP contribution is 2.35. The van der Waals surface area contributed by atoms with Crippen LogP contribution in [-0.2, 0) is 4.79 Å². The zero-order chi connectivity index (χ0) is 20.0. The largest absolute Gasteiger partial charge is 0.493 e. The van der Waals surface area contributed by atoms with Gasteiger partial charge in [-0.3, -0.25) is 14.4 Å². The molecule has 2 amide bonds. The van der Waals surface area contributed by atoms with Crippen molar-refractivity contribution >= 4 is 28.7 Å². The third kappa shape index (κ3) is 4.79. The Hall–Kier alpha value is -3.00. The number of primary amides is 1. The van der Waals surface area contributed by atoms with Gasteiger partial charge in [0.1, 0.15) is 6.04 Å². The smallest absolute Gasteiger partial charge is 0.253 e. The van der Waals surface area contributed by atoms with Crippen molar-refractivity contribution < 1.29 is 23.9 Å². The molecular formula is C19H20N2O5S. The van der Waals surface area contributed by atoms with E-state index < -0.39 is 17.9 Å². The van der Waals surface area contributed by atoms with E-state index in [0.717, 1.165) is 11.8 Å². The van der Waals surface area contributed by atoms with Crippen molar-refractivity contribution in [1.82, 2.24) is 5.32 Å². The third-order valence-corrected chi connectivity index (χ3v) is 4.71. The van der Waals surface area contributed by atoms with Gasteiger partial charge < -0.3 is 20.5 Å². The number of carbonyl (C=O) groups is 3. The molecular weight excluding hydrogens is 368 g/mol. The lowest BCUT2D eigenvalue weighted by atomic mass is 10.2. The van der Waals surface area contributed by atoms with Gasteiger partial charge in [0.25, 0.3) is 5.91 Å². The van der Waals surface area contributed by atoms with Gasteiger partial charge in [-0.15, -0.1) is 0 Å². The molecule has 0 saturated carbocycles. The fourth-order valence-corrected chi connectivity index (χ4v) is 3.18. The van der Waals surface area contributed by atoms with Crippen LogP contribution in [0.5, 0.6) is 11.5 Å². The first-order valence-corrected chi connectivity index (χ1v) is 8.83. The average molecular weight is 388 g/mol. The topological polar surface area (TPSA) is 108 Å². The standard InChI is InChI=1S/C19H20N2O5S/c1-11(17(20)22)21-18(23)12-7-4-5-10-15(12)27-19(24)13-8-6-9-14(25-2)16(13)26-3/h4-11H,1-3H3,(H2,20,22)(H,21,23)/t11-/m0/s1. The monoisotopic (exact) mass is 388 g/mol. The molecule has 0 radical (unpaired) electrons. The molecule has 142 valence electrons. The molecule has 3 N–H and O–H groups in total. The minimum atomic E-state index is -0.829. The lowest BCUT2D eigenvalue weighted by molar-refractivity contribution is -0.119. The van der Waals surface area contributed by atoms with Gasteiger partial charge in [-0.2, -0.15) is 0 Å². The maximum Gasteiger partial charge on any atom is 0.253 e. The van der Waals surface area contributed by atoms with E-state index in [1.54, 1.807) is 42.5 Å². The molecule has 0 bridgehead atoms. The molecule has 7 nitrogen and oxygen atoms in total. The van der Waals surface area contributed by atoms with Crippen LogP contribution in [0.25, 0.3) is 0 Å². The number of amides is 2. The minimum Gasteiger partial charge on any atom is -0.493 e. The molecule has 27 heavy (non-hydrogen) atoms. The molecule has 0 heterocycles. The van der Waals surface area contributed by atoms with Crippen molar-refractivity contribution in [2.75, 3.05) is 14.2 Å². The highest BCUT2D eigenvalue weighted by Gasteiger charge is 2.21. The summed E-state index contributed by atoms with van der Waals surface area (Å²) in [5.41, 5.74) is 5.77. The number of hydrogen-bond acceptors (Lipinski definition) is 6. The Kier molecular flexibility index (Phi) is 6.84. The molecule has 0 fully saturated rings. The van der Waals surface area contributed by atoms with Gasteiger partial charge in [-0.05, 0) is 43.0 Å². The number of hydrogen-bond donors (Lipinski definition) is 2. The maximum atomic E-state index is 12.8. The van der Waals surface area contributed by atoms with E-state index in [1.165, 1.54) is 21.1 Å². The van der Waals surface area contributed by atoms with Crippen LogP contribution in [0.4, 0.5) is 0 Å². The van der Waals surface area contributed by atoms with Crippen LogP contribution in [0.2, 0.25) is 0 Å². The van der Waals surface area contributed by atoms with Crippen LogP contribution < -0.4 is 20.5 Å². The summed E-state index contributed by atoms with van der Waals surface area (Å²) in [4.78, 5) is 36.8.